The van der Waals surface area contributed by atoms with Crippen molar-refractivity contribution in [3.63, 3.8) is 0 Å². The number of amides is 1. The monoisotopic (exact) mass is 507 g/mol. The molecule has 0 bridgehead atoms. The van der Waals surface area contributed by atoms with Crippen LogP contribution in [0.2, 0.25) is 0 Å². The van der Waals surface area contributed by atoms with Gasteiger partial charge in [0.25, 0.3) is 5.91 Å². The van der Waals surface area contributed by atoms with Crippen molar-refractivity contribution in [3.8, 4) is 11.3 Å². The zero-order valence-electron chi connectivity index (χ0n) is 21.7. The quantitative estimate of drug-likeness (QED) is 0.533. The fourth-order valence-corrected chi connectivity index (χ4v) is 5.52. The third-order valence-corrected chi connectivity index (χ3v) is 7.98. The molecule has 196 valence electrons. The van der Waals surface area contributed by atoms with Gasteiger partial charge in [0.15, 0.2) is 5.65 Å². The number of aryl methyl sites for hydroxylation is 1. The summed E-state index contributed by atoms with van der Waals surface area (Å²) in [7, 11) is 0. The predicted octanol–water partition coefficient (Wildman–Crippen LogP) is 4.80. The van der Waals surface area contributed by atoms with Crippen LogP contribution in [-0.2, 0) is 11.2 Å². The lowest BCUT2D eigenvalue weighted by Gasteiger charge is -2.27. The number of anilines is 1. The van der Waals surface area contributed by atoms with Crippen molar-refractivity contribution in [2.45, 2.75) is 65.3 Å². The summed E-state index contributed by atoms with van der Waals surface area (Å²) >= 11 is 0. The Balaban J connectivity index is 1.45. The standard InChI is InChI=1S/C28H34FN5O3/c1-4-19-15-24(26(35)33-12-7-5-6-8-18(33)2)30-25-16-23(31-34(19)25)21-10-9-20(14-22(21)29)32-13-11-28(3,17-32)27(36)37/h9-10,14-16,18H,4-8,11-13,17H2,1-3H3,(H,36,37)/t18-,28-/m1/s1. The molecule has 2 atom stereocenters. The van der Waals surface area contributed by atoms with Gasteiger partial charge in [0.1, 0.15) is 11.5 Å². The number of aliphatic carboxylic acids is 1. The highest BCUT2D eigenvalue weighted by Gasteiger charge is 2.40. The molecule has 1 aromatic carbocycles. The number of carbonyl (C=O) groups excluding carboxylic acids is 1. The molecule has 0 aliphatic carbocycles. The van der Waals surface area contributed by atoms with E-state index in [0.717, 1.165) is 37.9 Å². The molecule has 2 saturated heterocycles. The first-order valence-corrected chi connectivity index (χ1v) is 13.2. The molecule has 37 heavy (non-hydrogen) atoms. The minimum atomic E-state index is -0.834. The first kappa shape index (κ1) is 25.2. The number of rotatable bonds is 5. The summed E-state index contributed by atoms with van der Waals surface area (Å²) in [6, 6.07) is 8.62. The van der Waals surface area contributed by atoms with Crippen molar-refractivity contribution in [2.75, 3.05) is 24.5 Å². The maximum atomic E-state index is 15.3. The molecule has 9 heteroatoms. The molecule has 2 aliphatic heterocycles. The Labute approximate surface area is 216 Å². The number of fused-ring (bicyclic) bond motifs is 1. The number of carbonyl (C=O) groups is 2. The molecule has 2 aliphatic rings. The molecule has 0 saturated carbocycles. The molecule has 4 heterocycles. The Morgan fingerprint density at radius 3 is 2.68 bits per heavy atom. The van der Waals surface area contributed by atoms with Crippen molar-refractivity contribution in [3.05, 3.63) is 47.5 Å². The smallest absolute Gasteiger partial charge is 0.311 e. The van der Waals surface area contributed by atoms with E-state index in [0.29, 0.717) is 54.2 Å². The zero-order valence-corrected chi connectivity index (χ0v) is 21.7. The number of nitrogens with zero attached hydrogens (tertiary/aromatic N) is 5. The van der Waals surface area contributed by atoms with E-state index in [-0.39, 0.29) is 11.9 Å². The maximum Gasteiger partial charge on any atom is 0.311 e. The highest BCUT2D eigenvalue weighted by molar-refractivity contribution is 5.93. The molecule has 2 aromatic heterocycles. The van der Waals surface area contributed by atoms with Crippen molar-refractivity contribution < 1.29 is 19.1 Å². The van der Waals surface area contributed by atoms with Crippen LogP contribution in [0.5, 0.6) is 0 Å². The van der Waals surface area contributed by atoms with Crippen molar-refractivity contribution >= 4 is 23.2 Å². The Hall–Kier alpha value is -3.49. The molecule has 3 aromatic rings. The van der Waals surface area contributed by atoms with Crippen LogP contribution in [0, 0.1) is 11.2 Å². The number of carboxylic acid groups (broad SMARTS) is 1. The average Bonchev–Trinajstić information content (AvgIpc) is 3.43. The van der Waals surface area contributed by atoms with Gasteiger partial charge in [0, 0.05) is 48.7 Å². The number of carboxylic acids is 1. The minimum Gasteiger partial charge on any atom is -0.481 e. The van der Waals surface area contributed by atoms with Crippen LogP contribution in [-0.4, -0.2) is 62.2 Å². The van der Waals surface area contributed by atoms with E-state index in [2.05, 4.69) is 17.0 Å². The maximum absolute atomic E-state index is 15.3. The molecule has 1 N–H and O–H groups in total. The van der Waals surface area contributed by atoms with Crippen LogP contribution in [0.4, 0.5) is 10.1 Å². The van der Waals surface area contributed by atoms with Gasteiger partial charge in [0.2, 0.25) is 0 Å². The summed E-state index contributed by atoms with van der Waals surface area (Å²) < 4.78 is 17.0. The summed E-state index contributed by atoms with van der Waals surface area (Å²) in [6.07, 6.45) is 5.42. The lowest BCUT2D eigenvalue weighted by Crippen LogP contribution is -2.38. The van der Waals surface area contributed by atoms with E-state index in [1.807, 2.05) is 16.7 Å². The van der Waals surface area contributed by atoms with Gasteiger partial charge in [-0.15, -0.1) is 0 Å². The second-order valence-corrected chi connectivity index (χ2v) is 10.7. The molecular formula is C28H34FN5O3. The molecule has 8 nitrogen and oxygen atoms in total. The second-order valence-electron chi connectivity index (χ2n) is 10.7. The summed E-state index contributed by atoms with van der Waals surface area (Å²) in [5.74, 6) is -1.33. The van der Waals surface area contributed by atoms with Gasteiger partial charge in [-0.1, -0.05) is 19.8 Å². The Morgan fingerprint density at radius 2 is 1.97 bits per heavy atom. The fraction of sp³-hybridized carbons (Fsp3) is 0.500. The Bertz CT molecular complexity index is 1360. The highest BCUT2D eigenvalue weighted by Crippen LogP contribution is 2.35. The number of likely N-dealkylation sites (tertiary alicyclic amines) is 1. The van der Waals surface area contributed by atoms with Gasteiger partial charge in [-0.3, -0.25) is 9.59 Å². The van der Waals surface area contributed by atoms with Crippen LogP contribution in [0.25, 0.3) is 16.9 Å². The lowest BCUT2D eigenvalue weighted by atomic mass is 9.90. The van der Waals surface area contributed by atoms with Crippen LogP contribution < -0.4 is 4.90 Å². The summed E-state index contributed by atoms with van der Waals surface area (Å²) in [6.45, 7) is 7.45. The average molecular weight is 508 g/mol. The SMILES string of the molecule is CCc1cc(C(=O)N2CCCCC[C@H]2C)nc2cc(-c3ccc(N4CC[C@@](C)(C(=O)O)C4)cc3F)nn12. The van der Waals surface area contributed by atoms with E-state index < -0.39 is 17.2 Å². The van der Waals surface area contributed by atoms with Crippen molar-refractivity contribution in [2.24, 2.45) is 5.41 Å². The van der Waals surface area contributed by atoms with Crippen LogP contribution in [0.15, 0.2) is 30.3 Å². The molecule has 0 spiro atoms. The third-order valence-electron chi connectivity index (χ3n) is 7.98. The molecule has 5 rings (SSSR count). The first-order chi connectivity index (χ1) is 17.7. The van der Waals surface area contributed by atoms with E-state index in [1.165, 1.54) is 6.07 Å². The topological polar surface area (TPSA) is 91.0 Å². The number of benzene rings is 1. The zero-order chi connectivity index (χ0) is 26.3. The summed E-state index contributed by atoms with van der Waals surface area (Å²) in [5, 5.41) is 14.1. The van der Waals surface area contributed by atoms with Crippen molar-refractivity contribution in [1.29, 1.82) is 0 Å². The predicted molar refractivity (Wildman–Crippen MR) is 139 cm³/mol. The van der Waals surface area contributed by atoms with Gasteiger partial charge in [0.05, 0.1) is 11.1 Å². The number of aromatic nitrogens is 3. The first-order valence-electron chi connectivity index (χ1n) is 13.2. The van der Waals surface area contributed by atoms with E-state index in [4.69, 9.17) is 0 Å². The fourth-order valence-electron chi connectivity index (χ4n) is 5.52. The van der Waals surface area contributed by atoms with E-state index >= 15 is 4.39 Å². The van der Waals surface area contributed by atoms with E-state index in [1.54, 1.807) is 35.7 Å². The lowest BCUT2D eigenvalue weighted by molar-refractivity contribution is -0.146. The number of halogens is 1. The van der Waals surface area contributed by atoms with Crippen LogP contribution in [0.3, 0.4) is 0 Å². The molecular weight excluding hydrogens is 473 g/mol. The van der Waals surface area contributed by atoms with Gasteiger partial charge < -0.3 is 14.9 Å². The number of hydrogen-bond acceptors (Lipinski definition) is 5. The second kappa shape index (κ2) is 9.76. The van der Waals surface area contributed by atoms with E-state index in [9.17, 15) is 14.7 Å². The largest absolute Gasteiger partial charge is 0.481 e. The minimum absolute atomic E-state index is 0.0659. The van der Waals surface area contributed by atoms with Gasteiger partial charge >= 0.3 is 5.97 Å². The Kier molecular flexibility index (Phi) is 6.64. The van der Waals surface area contributed by atoms with Gasteiger partial charge in [-0.05, 0) is 63.8 Å². The van der Waals surface area contributed by atoms with Gasteiger partial charge in [-0.25, -0.2) is 13.9 Å². The molecule has 2 fully saturated rings. The normalized spacial score (nSPS) is 22.4. The molecule has 0 radical (unpaired) electrons. The summed E-state index contributed by atoms with van der Waals surface area (Å²) in [4.78, 5) is 33.4. The highest BCUT2D eigenvalue weighted by atomic mass is 19.1. The van der Waals surface area contributed by atoms with Crippen LogP contribution in [0.1, 0.15) is 69.1 Å². The van der Waals surface area contributed by atoms with Gasteiger partial charge in [-0.2, -0.15) is 5.10 Å². The third kappa shape index (κ3) is 4.67. The molecule has 0 unspecified atom stereocenters. The van der Waals surface area contributed by atoms with Crippen LogP contribution >= 0.6 is 0 Å². The molecule has 1 amide bonds. The van der Waals surface area contributed by atoms with Crippen molar-refractivity contribution in [1.82, 2.24) is 19.5 Å². The number of hydrogen-bond donors (Lipinski definition) is 1. The Morgan fingerprint density at radius 1 is 1.16 bits per heavy atom. The summed E-state index contributed by atoms with van der Waals surface area (Å²) in [5.41, 5.74) is 2.35.